The van der Waals surface area contributed by atoms with Gasteiger partial charge in [0.05, 0.1) is 0 Å². The summed E-state index contributed by atoms with van der Waals surface area (Å²) in [6, 6.07) is 10.4. The Kier molecular flexibility index (Phi) is 4.08. The molecule has 0 aliphatic carbocycles. The lowest BCUT2D eigenvalue weighted by Crippen LogP contribution is -1.77. The highest BCUT2D eigenvalue weighted by Gasteiger charge is 1.85. The van der Waals surface area contributed by atoms with Crippen LogP contribution in [0.2, 0.25) is 0 Å². The van der Waals surface area contributed by atoms with Crippen LogP contribution in [0.4, 0.5) is 0 Å². The predicted molar refractivity (Wildman–Crippen MR) is 62.4 cm³/mol. The third-order valence-electron chi connectivity index (χ3n) is 1.50. The largest absolute Gasteiger partial charge is 0.0856 e. The zero-order valence-electron chi connectivity index (χ0n) is 6.83. The fourth-order valence-electron chi connectivity index (χ4n) is 0.937. The summed E-state index contributed by atoms with van der Waals surface area (Å²) in [7, 11) is 0. The zero-order valence-corrected chi connectivity index (χ0v) is 8.99. The van der Waals surface area contributed by atoms with Crippen LogP contribution in [-0.2, 0) is 6.42 Å². The van der Waals surface area contributed by atoms with Gasteiger partial charge in [-0.05, 0) is 34.6 Å². The molecule has 12 heavy (non-hydrogen) atoms. The van der Waals surface area contributed by atoms with Crippen LogP contribution in [0.5, 0.6) is 0 Å². The lowest BCUT2D eigenvalue weighted by atomic mass is 10.1. The first-order valence-corrected chi connectivity index (χ1v) is 4.92. The molecule has 0 aromatic heterocycles. The second kappa shape index (κ2) is 5.14. The monoisotopic (exact) mass is 270 g/mol. The standard InChI is InChI=1S/C11H11I/c1-10(12)6-5-9-11-7-3-2-4-8-11/h2-8H,1,9H2/b6-5+. The molecule has 1 aromatic rings. The Morgan fingerprint density at radius 1 is 1.33 bits per heavy atom. The highest BCUT2D eigenvalue weighted by atomic mass is 127. The molecule has 62 valence electrons. The molecular formula is C11H11I. The zero-order chi connectivity index (χ0) is 8.81. The summed E-state index contributed by atoms with van der Waals surface area (Å²) in [5.74, 6) is 0. The van der Waals surface area contributed by atoms with E-state index in [9.17, 15) is 0 Å². The minimum atomic E-state index is 0.989. The Hall–Kier alpha value is -0.570. The third kappa shape index (κ3) is 3.72. The van der Waals surface area contributed by atoms with Gasteiger partial charge in [0.25, 0.3) is 0 Å². The Balaban J connectivity index is 2.49. The second-order valence-corrected chi connectivity index (χ2v) is 3.92. The summed E-state index contributed by atoms with van der Waals surface area (Å²) < 4.78 is 1.07. The van der Waals surface area contributed by atoms with Crippen LogP contribution in [0.3, 0.4) is 0 Å². The van der Waals surface area contributed by atoms with Crippen LogP contribution in [-0.4, -0.2) is 0 Å². The Labute approximate surface area is 87.1 Å². The van der Waals surface area contributed by atoms with E-state index in [0.717, 1.165) is 10.0 Å². The molecule has 0 amide bonds. The Bertz CT molecular complexity index is 272. The fraction of sp³-hybridized carbons (Fsp3) is 0.0909. The fourth-order valence-corrected chi connectivity index (χ4v) is 1.19. The summed E-state index contributed by atoms with van der Waals surface area (Å²) in [6.45, 7) is 3.79. The van der Waals surface area contributed by atoms with Crippen LogP contribution >= 0.6 is 22.6 Å². The Morgan fingerprint density at radius 3 is 2.58 bits per heavy atom. The summed E-state index contributed by atoms with van der Waals surface area (Å²) in [4.78, 5) is 0. The first-order chi connectivity index (χ1) is 5.79. The average Bonchev–Trinajstić information content (AvgIpc) is 2.05. The van der Waals surface area contributed by atoms with Gasteiger partial charge in [-0.2, -0.15) is 0 Å². The second-order valence-electron chi connectivity index (χ2n) is 2.54. The van der Waals surface area contributed by atoms with Crippen molar-refractivity contribution < 1.29 is 0 Å². The van der Waals surface area contributed by atoms with Crippen molar-refractivity contribution in [3.8, 4) is 0 Å². The maximum atomic E-state index is 3.79. The lowest BCUT2D eigenvalue weighted by Gasteiger charge is -1.93. The first kappa shape index (κ1) is 9.52. The van der Waals surface area contributed by atoms with Gasteiger partial charge in [-0.1, -0.05) is 49.1 Å². The number of halogens is 1. The van der Waals surface area contributed by atoms with Crippen molar-refractivity contribution in [3.05, 3.63) is 58.2 Å². The minimum Gasteiger partial charge on any atom is -0.0856 e. The van der Waals surface area contributed by atoms with Crippen molar-refractivity contribution in [2.45, 2.75) is 6.42 Å². The van der Waals surface area contributed by atoms with E-state index in [1.807, 2.05) is 12.1 Å². The third-order valence-corrected chi connectivity index (χ3v) is 1.85. The maximum Gasteiger partial charge on any atom is 0.00549 e. The molecule has 1 rings (SSSR count). The summed E-state index contributed by atoms with van der Waals surface area (Å²) in [5, 5.41) is 0. The van der Waals surface area contributed by atoms with E-state index in [1.54, 1.807) is 0 Å². The molecular weight excluding hydrogens is 259 g/mol. The molecule has 0 spiro atoms. The first-order valence-electron chi connectivity index (χ1n) is 3.84. The van der Waals surface area contributed by atoms with Gasteiger partial charge in [0, 0.05) is 3.58 Å². The minimum absolute atomic E-state index is 0.989. The molecule has 0 heterocycles. The van der Waals surface area contributed by atoms with Gasteiger partial charge in [-0.25, -0.2) is 0 Å². The van der Waals surface area contributed by atoms with Gasteiger partial charge in [0.2, 0.25) is 0 Å². The summed E-state index contributed by atoms with van der Waals surface area (Å²) in [6.07, 6.45) is 5.15. The average molecular weight is 270 g/mol. The molecule has 0 radical (unpaired) electrons. The molecule has 0 saturated carbocycles. The number of benzene rings is 1. The molecule has 0 nitrogen and oxygen atoms in total. The molecule has 1 heteroatoms. The normalized spacial score (nSPS) is 10.4. The molecule has 0 aliphatic rings. The van der Waals surface area contributed by atoms with Gasteiger partial charge in [0.1, 0.15) is 0 Å². The molecule has 0 N–H and O–H groups in total. The van der Waals surface area contributed by atoms with Crippen molar-refractivity contribution in [3.63, 3.8) is 0 Å². The molecule has 0 saturated heterocycles. The van der Waals surface area contributed by atoms with E-state index >= 15 is 0 Å². The van der Waals surface area contributed by atoms with E-state index in [4.69, 9.17) is 0 Å². The topological polar surface area (TPSA) is 0 Å². The van der Waals surface area contributed by atoms with Gasteiger partial charge in [-0.3, -0.25) is 0 Å². The van der Waals surface area contributed by atoms with E-state index in [1.165, 1.54) is 5.56 Å². The molecule has 0 aliphatic heterocycles. The molecule has 0 atom stereocenters. The van der Waals surface area contributed by atoms with Crippen molar-refractivity contribution in [2.75, 3.05) is 0 Å². The number of rotatable bonds is 3. The lowest BCUT2D eigenvalue weighted by molar-refractivity contribution is 1.27. The SMILES string of the molecule is C=C(I)/C=C/Cc1ccccc1. The van der Waals surface area contributed by atoms with Crippen LogP contribution in [0.25, 0.3) is 0 Å². The van der Waals surface area contributed by atoms with E-state index in [0.29, 0.717) is 0 Å². The van der Waals surface area contributed by atoms with Gasteiger partial charge < -0.3 is 0 Å². The molecule has 0 fully saturated rings. The quantitative estimate of drug-likeness (QED) is 0.580. The van der Waals surface area contributed by atoms with Crippen molar-refractivity contribution >= 4 is 22.6 Å². The predicted octanol–water partition coefficient (Wildman–Crippen LogP) is 3.73. The molecule has 0 bridgehead atoms. The van der Waals surface area contributed by atoms with Crippen molar-refractivity contribution in [1.29, 1.82) is 0 Å². The summed E-state index contributed by atoms with van der Waals surface area (Å²) >= 11 is 2.20. The number of allylic oxidation sites excluding steroid dienone is 3. The van der Waals surface area contributed by atoms with Crippen LogP contribution in [0.15, 0.2) is 52.6 Å². The maximum absolute atomic E-state index is 3.79. The molecule has 1 aromatic carbocycles. The van der Waals surface area contributed by atoms with Gasteiger partial charge >= 0.3 is 0 Å². The van der Waals surface area contributed by atoms with E-state index in [-0.39, 0.29) is 0 Å². The van der Waals surface area contributed by atoms with E-state index in [2.05, 4.69) is 59.5 Å². The number of hydrogen-bond donors (Lipinski definition) is 0. The smallest absolute Gasteiger partial charge is 0.00549 e. The highest BCUT2D eigenvalue weighted by molar-refractivity contribution is 14.1. The van der Waals surface area contributed by atoms with E-state index < -0.39 is 0 Å². The number of hydrogen-bond acceptors (Lipinski definition) is 0. The molecule has 0 unspecified atom stereocenters. The van der Waals surface area contributed by atoms with Crippen LogP contribution in [0.1, 0.15) is 5.56 Å². The van der Waals surface area contributed by atoms with Crippen LogP contribution in [0, 0.1) is 0 Å². The highest BCUT2D eigenvalue weighted by Crippen LogP contribution is 2.05. The van der Waals surface area contributed by atoms with Gasteiger partial charge in [0.15, 0.2) is 0 Å². The van der Waals surface area contributed by atoms with Crippen molar-refractivity contribution in [2.24, 2.45) is 0 Å². The van der Waals surface area contributed by atoms with Gasteiger partial charge in [-0.15, -0.1) is 0 Å². The summed E-state index contributed by atoms with van der Waals surface area (Å²) in [5.41, 5.74) is 1.34. The van der Waals surface area contributed by atoms with Crippen LogP contribution < -0.4 is 0 Å². The Morgan fingerprint density at radius 2 is 2.00 bits per heavy atom. The van der Waals surface area contributed by atoms with Crippen molar-refractivity contribution in [1.82, 2.24) is 0 Å².